The predicted octanol–water partition coefficient (Wildman–Crippen LogP) is 5.66. The zero-order valence-corrected chi connectivity index (χ0v) is 18.2. The Balaban J connectivity index is 1.93. The van der Waals surface area contributed by atoms with Crippen molar-refractivity contribution < 1.29 is 9.53 Å². The maximum absolute atomic E-state index is 12.6. The van der Waals surface area contributed by atoms with Gasteiger partial charge in [0, 0.05) is 24.7 Å². The van der Waals surface area contributed by atoms with Gasteiger partial charge in [-0.1, -0.05) is 35.3 Å². The molecule has 0 aromatic heterocycles. The Morgan fingerprint density at radius 1 is 1.14 bits per heavy atom. The molecule has 2 aromatic carbocycles. The molecule has 7 heteroatoms. The number of piperazine rings is 1. The lowest BCUT2D eigenvalue weighted by Gasteiger charge is -2.43. The summed E-state index contributed by atoms with van der Waals surface area (Å²) in [7, 11) is 0. The summed E-state index contributed by atoms with van der Waals surface area (Å²) in [5.74, 6) is 0. The summed E-state index contributed by atoms with van der Waals surface area (Å²) in [4.78, 5) is 16.5. The molecule has 0 N–H and O–H groups in total. The second-order valence-corrected chi connectivity index (χ2v) is 8.81. The summed E-state index contributed by atoms with van der Waals surface area (Å²) in [5.41, 5.74) is 1.80. The number of halogens is 2. The smallest absolute Gasteiger partial charge is 0.410 e. The molecule has 1 heterocycles. The maximum Gasteiger partial charge on any atom is 0.410 e. The molecule has 0 bridgehead atoms. The number of carbonyl (C=O) groups excluding carboxylic acids is 1. The average Bonchev–Trinajstić information content (AvgIpc) is 2.67. The Morgan fingerprint density at radius 2 is 1.83 bits per heavy atom. The fraction of sp³-hybridized carbons (Fsp3) is 0.364. The number of hydrogen-bond acceptors (Lipinski definition) is 4. The Bertz CT molecular complexity index is 933. The van der Waals surface area contributed by atoms with Gasteiger partial charge in [-0.15, -0.1) is 0 Å². The molecular weight excluding hydrogens is 409 g/mol. The van der Waals surface area contributed by atoms with Gasteiger partial charge in [0.2, 0.25) is 0 Å². The minimum atomic E-state index is -0.555. The summed E-state index contributed by atoms with van der Waals surface area (Å²) in [6, 6.07) is 14.8. The topological polar surface area (TPSA) is 56.6 Å². The van der Waals surface area contributed by atoms with Gasteiger partial charge >= 0.3 is 6.09 Å². The van der Waals surface area contributed by atoms with Gasteiger partial charge in [-0.25, -0.2) is 4.79 Å². The molecule has 2 aromatic rings. The number of benzene rings is 2. The van der Waals surface area contributed by atoms with E-state index in [9.17, 15) is 4.79 Å². The normalized spacial score (nSPS) is 17.0. The van der Waals surface area contributed by atoms with E-state index in [1.807, 2.05) is 51.1 Å². The summed E-state index contributed by atoms with van der Waals surface area (Å²) < 4.78 is 5.56. The van der Waals surface area contributed by atoms with E-state index >= 15 is 0 Å². The minimum absolute atomic E-state index is 0.126. The van der Waals surface area contributed by atoms with Crippen LogP contribution in [0.5, 0.6) is 0 Å². The van der Waals surface area contributed by atoms with E-state index < -0.39 is 5.60 Å². The Kier molecular flexibility index (Phi) is 6.26. The Labute approximate surface area is 181 Å². The second kappa shape index (κ2) is 8.52. The van der Waals surface area contributed by atoms with Gasteiger partial charge in [-0.05, 0) is 56.7 Å². The van der Waals surface area contributed by atoms with E-state index in [0.717, 1.165) is 11.3 Å². The summed E-state index contributed by atoms with van der Waals surface area (Å²) in [6.07, 6.45) is -0.331. The van der Waals surface area contributed by atoms with Crippen molar-refractivity contribution in [2.24, 2.45) is 0 Å². The quantitative estimate of drug-likeness (QED) is 0.614. The average molecular weight is 432 g/mol. The van der Waals surface area contributed by atoms with Crippen LogP contribution in [-0.2, 0) is 4.74 Å². The van der Waals surface area contributed by atoms with E-state index in [-0.39, 0.29) is 12.1 Å². The lowest BCUT2D eigenvalue weighted by Crippen LogP contribution is -2.51. The fourth-order valence-electron chi connectivity index (χ4n) is 3.34. The fourth-order valence-corrected chi connectivity index (χ4v) is 3.76. The highest BCUT2D eigenvalue weighted by Crippen LogP contribution is 2.36. The van der Waals surface area contributed by atoms with Gasteiger partial charge in [0.25, 0.3) is 0 Å². The molecule has 1 amide bonds. The van der Waals surface area contributed by atoms with Crippen molar-refractivity contribution >= 4 is 35.0 Å². The monoisotopic (exact) mass is 431 g/mol. The molecule has 1 fully saturated rings. The van der Waals surface area contributed by atoms with E-state index in [1.165, 1.54) is 0 Å². The van der Waals surface area contributed by atoms with E-state index in [1.54, 1.807) is 17.0 Å². The number of carbonyl (C=O) groups is 1. The van der Waals surface area contributed by atoms with Crippen molar-refractivity contribution in [3.05, 3.63) is 63.6 Å². The molecule has 1 unspecified atom stereocenters. The first-order valence-corrected chi connectivity index (χ1v) is 10.1. The molecular formula is C22H23Cl2N3O2. The van der Waals surface area contributed by atoms with Crippen molar-refractivity contribution in [3.63, 3.8) is 0 Å². The van der Waals surface area contributed by atoms with Crippen LogP contribution >= 0.6 is 23.2 Å². The first-order chi connectivity index (χ1) is 13.7. The van der Waals surface area contributed by atoms with Crippen molar-refractivity contribution in [1.29, 1.82) is 5.26 Å². The largest absolute Gasteiger partial charge is 0.444 e. The van der Waals surface area contributed by atoms with E-state index in [0.29, 0.717) is 35.2 Å². The third-order valence-corrected chi connectivity index (χ3v) is 5.23. The molecule has 0 saturated carbocycles. The van der Waals surface area contributed by atoms with Gasteiger partial charge < -0.3 is 14.5 Å². The van der Waals surface area contributed by atoms with Gasteiger partial charge in [-0.3, -0.25) is 0 Å². The molecule has 1 saturated heterocycles. The molecule has 5 nitrogen and oxygen atoms in total. The highest BCUT2D eigenvalue weighted by atomic mass is 35.5. The molecule has 1 aliphatic heterocycles. The van der Waals surface area contributed by atoms with Crippen LogP contribution in [0.4, 0.5) is 10.5 Å². The number of nitriles is 1. The lowest BCUT2D eigenvalue weighted by atomic mass is 10.0. The van der Waals surface area contributed by atoms with Gasteiger partial charge in [0.15, 0.2) is 0 Å². The lowest BCUT2D eigenvalue weighted by molar-refractivity contribution is 0.0214. The molecule has 29 heavy (non-hydrogen) atoms. The standard InChI is InChI=1S/C22H23Cl2N3O2/c1-22(2,3)29-21(28)26-10-11-27(19-9-4-15(13-25)12-18(19)24)20(14-26)16-5-7-17(23)8-6-16/h4-9,12,20H,10-11,14H2,1-3H3. The Hall–Kier alpha value is -2.42. The maximum atomic E-state index is 12.6. The minimum Gasteiger partial charge on any atom is -0.444 e. The van der Waals surface area contributed by atoms with Gasteiger partial charge in [-0.2, -0.15) is 5.26 Å². The molecule has 0 spiro atoms. The molecule has 152 valence electrons. The van der Waals surface area contributed by atoms with Crippen LogP contribution in [0.15, 0.2) is 42.5 Å². The molecule has 3 rings (SSSR count). The van der Waals surface area contributed by atoms with Gasteiger partial charge in [0.1, 0.15) is 5.60 Å². The van der Waals surface area contributed by atoms with E-state index in [4.69, 9.17) is 33.2 Å². The van der Waals surface area contributed by atoms with Crippen LogP contribution in [0.1, 0.15) is 37.9 Å². The molecule has 0 aliphatic carbocycles. The third kappa shape index (κ3) is 5.14. The summed E-state index contributed by atoms with van der Waals surface area (Å²) in [6.45, 7) is 7.11. The highest BCUT2D eigenvalue weighted by molar-refractivity contribution is 6.33. The second-order valence-electron chi connectivity index (χ2n) is 7.97. The van der Waals surface area contributed by atoms with Crippen LogP contribution < -0.4 is 4.90 Å². The number of anilines is 1. The van der Waals surface area contributed by atoms with Crippen LogP contribution in [0.3, 0.4) is 0 Å². The van der Waals surface area contributed by atoms with Crippen molar-refractivity contribution in [1.82, 2.24) is 4.90 Å². The first-order valence-electron chi connectivity index (χ1n) is 9.37. The SMILES string of the molecule is CC(C)(C)OC(=O)N1CCN(c2ccc(C#N)cc2Cl)C(c2ccc(Cl)cc2)C1. The molecule has 1 atom stereocenters. The number of hydrogen-bond donors (Lipinski definition) is 0. The highest BCUT2D eigenvalue weighted by Gasteiger charge is 2.33. The summed E-state index contributed by atoms with van der Waals surface area (Å²) in [5, 5.41) is 10.3. The first kappa shape index (κ1) is 21.3. The van der Waals surface area contributed by atoms with Crippen LogP contribution in [-0.4, -0.2) is 36.2 Å². The third-order valence-electron chi connectivity index (χ3n) is 4.67. The van der Waals surface area contributed by atoms with Gasteiger partial charge in [0.05, 0.1) is 28.4 Å². The number of ether oxygens (including phenoxy) is 1. The van der Waals surface area contributed by atoms with E-state index in [2.05, 4.69) is 11.0 Å². The van der Waals surface area contributed by atoms with Crippen molar-refractivity contribution in [3.8, 4) is 6.07 Å². The van der Waals surface area contributed by atoms with Crippen molar-refractivity contribution in [2.45, 2.75) is 32.4 Å². The predicted molar refractivity (Wildman–Crippen MR) is 116 cm³/mol. The number of rotatable bonds is 2. The molecule has 0 radical (unpaired) electrons. The van der Waals surface area contributed by atoms with Crippen LogP contribution in [0, 0.1) is 11.3 Å². The van der Waals surface area contributed by atoms with Crippen LogP contribution in [0.25, 0.3) is 0 Å². The molecule has 1 aliphatic rings. The summed E-state index contributed by atoms with van der Waals surface area (Å²) >= 11 is 12.6. The zero-order valence-electron chi connectivity index (χ0n) is 16.7. The Morgan fingerprint density at radius 3 is 2.41 bits per heavy atom. The zero-order chi connectivity index (χ0) is 21.2. The van der Waals surface area contributed by atoms with Crippen LogP contribution in [0.2, 0.25) is 10.0 Å². The van der Waals surface area contributed by atoms with Crippen molar-refractivity contribution in [2.75, 3.05) is 24.5 Å². The number of nitrogens with zero attached hydrogens (tertiary/aromatic N) is 3. The number of amides is 1.